The maximum atomic E-state index is 9.28. The fourth-order valence-corrected chi connectivity index (χ4v) is 1.39. The fourth-order valence-electron chi connectivity index (χ4n) is 1.39. The number of ether oxygens (including phenoxy) is 1. The van der Waals surface area contributed by atoms with Gasteiger partial charge in [-0.15, -0.1) is 0 Å². The minimum absolute atomic E-state index is 0.111. The molecule has 0 saturated heterocycles. The summed E-state index contributed by atoms with van der Waals surface area (Å²) in [5.41, 5.74) is -0.111. The van der Waals surface area contributed by atoms with Gasteiger partial charge in [-0.1, -0.05) is 13.8 Å². The van der Waals surface area contributed by atoms with E-state index in [1.807, 2.05) is 13.8 Å². The molecule has 14 heavy (non-hydrogen) atoms. The van der Waals surface area contributed by atoms with Crippen molar-refractivity contribution in [1.29, 1.82) is 0 Å². The Morgan fingerprint density at radius 1 is 1.29 bits per heavy atom. The van der Waals surface area contributed by atoms with Crippen molar-refractivity contribution in [2.24, 2.45) is 0 Å². The van der Waals surface area contributed by atoms with Gasteiger partial charge in [-0.3, -0.25) is 0 Å². The fraction of sp³-hybridized carbons (Fsp3) is 1.00. The quantitative estimate of drug-likeness (QED) is 0.588. The lowest BCUT2D eigenvalue weighted by molar-refractivity contribution is 0.0685. The SMILES string of the molecule is CCC(CC)(CO)NCCOC(C)C. The van der Waals surface area contributed by atoms with Crippen LogP contribution >= 0.6 is 0 Å². The molecule has 2 N–H and O–H groups in total. The molecule has 0 rings (SSSR count). The van der Waals surface area contributed by atoms with E-state index in [0.717, 1.165) is 19.4 Å². The zero-order valence-electron chi connectivity index (χ0n) is 9.97. The summed E-state index contributed by atoms with van der Waals surface area (Å²) in [4.78, 5) is 0. The van der Waals surface area contributed by atoms with Gasteiger partial charge < -0.3 is 15.2 Å². The average Bonchev–Trinajstić information content (AvgIpc) is 2.19. The van der Waals surface area contributed by atoms with E-state index < -0.39 is 0 Å². The third-order valence-corrected chi connectivity index (χ3v) is 2.71. The van der Waals surface area contributed by atoms with Gasteiger partial charge in [-0.2, -0.15) is 0 Å². The second-order valence-corrected chi connectivity index (χ2v) is 3.99. The smallest absolute Gasteiger partial charge is 0.0613 e. The van der Waals surface area contributed by atoms with Crippen molar-refractivity contribution in [3.8, 4) is 0 Å². The highest BCUT2D eigenvalue weighted by atomic mass is 16.5. The molecular formula is C11H25NO2. The van der Waals surface area contributed by atoms with E-state index in [4.69, 9.17) is 4.74 Å². The first-order valence-electron chi connectivity index (χ1n) is 5.57. The number of aliphatic hydroxyl groups excluding tert-OH is 1. The van der Waals surface area contributed by atoms with Gasteiger partial charge in [0, 0.05) is 12.1 Å². The molecule has 0 unspecified atom stereocenters. The Hall–Kier alpha value is -0.120. The molecule has 0 saturated carbocycles. The maximum absolute atomic E-state index is 9.28. The van der Waals surface area contributed by atoms with Crippen molar-refractivity contribution in [2.75, 3.05) is 19.8 Å². The molecule has 0 aromatic rings. The lowest BCUT2D eigenvalue weighted by Gasteiger charge is -2.31. The molecule has 86 valence electrons. The van der Waals surface area contributed by atoms with Crippen LogP contribution < -0.4 is 5.32 Å². The van der Waals surface area contributed by atoms with E-state index in [1.165, 1.54) is 0 Å². The molecule has 0 spiro atoms. The van der Waals surface area contributed by atoms with Gasteiger partial charge in [0.05, 0.1) is 19.3 Å². The summed E-state index contributed by atoms with van der Waals surface area (Å²) in [7, 11) is 0. The predicted octanol–water partition coefficient (Wildman–Crippen LogP) is 1.55. The lowest BCUT2D eigenvalue weighted by Crippen LogP contribution is -2.48. The first-order valence-corrected chi connectivity index (χ1v) is 5.57. The monoisotopic (exact) mass is 203 g/mol. The van der Waals surface area contributed by atoms with Crippen LogP contribution in [0.4, 0.5) is 0 Å². The molecule has 0 aromatic carbocycles. The molecule has 0 heterocycles. The Balaban J connectivity index is 3.71. The van der Waals surface area contributed by atoms with Crippen LogP contribution in [0, 0.1) is 0 Å². The summed E-state index contributed by atoms with van der Waals surface area (Å²) in [6.07, 6.45) is 2.17. The van der Waals surface area contributed by atoms with Gasteiger partial charge in [0.25, 0.3) is 0 Å². The Labute approximate surface area is 87.8 Å². The van der Waals surface area contributed by atoms with E-state index in [-0.39, 0.29) is 18.2 Å². The maximum Gasteiger partial charge on any atom is 0.0613 e. The molecule has 0 amide bonds. The molecule has 3 nitrogen and oxygen atoms in total. The Morgan fingerprint density at radius 2 is 1.86 bits per heavy atom. The molecule has 0 fully saturated rings. The van der Waals surface area contributed by atoms with Crippen LogP contribution in [0.25, 0.3) is 0 Å². The van der Waals surface area contributed by atoms with Crippen molar-refractivity contribution in [1.82, 2.24) is 5.32 Å². The Kier molecular flexibility index (Phi) is 7.15. The molecule has 0 aromatic heterocycles. The van der Waals surface area contributed by atoms with Gasteiger partial charge in [0.2, 0.25) is 0 Å². The van der Waals surface area contributed by atoms with Gasteiger partial charge in [-0.05, 0) is 26.7 Å². The highest BCUT2D eigenvalue weighted by Gasteiger charge is 2.23. The summed E-state index contributed by atoms with van der Waals surface area (Å²) in [6.45, 7) is 9.95. The van der Waals surface area contributed by atoms with Crippen LogP contribution in [0.15, 0.2) is 0 Å². The van der Waals surface area contributed by atoms with Gasteiger partial charge in [0.15, 0.2) is 0 Å². The summed E-state index contributed by atoms with van der Waals surface area (Å²) in [5, 5.41) is 12.6. The Morgan fingerprint density at radius 3 is 2.21 bits per heavy atom. The molecule has 0 aliphatic carbocycles. The molecule has 0 radical (unpaired) electrons. The summed E-state index contributed by atoms with van der Waals surface area (Å²) in [6, 6.07) is 0. The van der Waals surface area contributed by atoms with E-state index in [0.29, 0.717) is 6.61 Å². The second-order valence-electron chi connectivity index (χ2n) is 3.99. The topological polar surface area (TPSA) is 41.5 Å². The minimum Gasteiger partial charge on any atom is -0.394 e. The van der Waals surface area contributed by atoms with Gasteiger partial charge in [0.1, 0.15) is 0 Å². The number of aliphatic hydroxyl groups is 1. The molecule has 0 aliphatic rings. The Bertz CT molecular complexity index is 125. The second kappa shape index (κ2) is 7.21. The van der Waals surface area contributed by atoms with Crippen LogP contribution in [0.2, 0.25) is 0 Å². The molecule has 3 heteroatoms. The van der Waals surface area contributed by atoms with E-state index in [1.54, 1.807) is 0 Å². The third-order valence-electron chi connectivity index (χ3n) is 2.71. The largest absolute Gasteiger partial charge is 0.394 e. The number of rotatable bonds is 8. The zero-order valence-corrected chi connectivity index (χ0v) is 9.97. The normalized spacial score (nSPS) is 12.4. The number of hydrogen-bond donors (Lipinski definition) is 2. The minimum atomic E-state index is -0.111. The zero-order chi connectivity index (χ0) is 11.0. The predicted molar refractivity (Wildman–Crippen MR) is 59.5 cm³/mol. The molecule has 0 aliphatic heterocycles. The summed E-state index contributed by atoms with van der Waals surface area (Å²) in [5.74, 6) is 0. The third kappa shape index (κ3) is 4.94. The molecular weight excluding hydrogens is 178 g/mol. The average molecular weight is 203 g/mol. The number of hydrogen-bond acceptors (Lipinski definition) is 3. The van der Waals surface area contributed by atoms with Crippen molar-refractivity contribution in [3.63, 3.8) is 0 Å². The summed E-state index contributed by atoms with van der Waals surface area (Å²) >= 11 is 0. The van der Waals surface area contributed by atoms with Crippen molar-refractivity contribution < 1.29 is 9.84 Å². The van der Waals surface area contributed by atoms with Gasteiger partial charge in [-0.25, -0.2) is 0 Å². The lowest BCUT2D eigenvalue weighted by atomic mass is 9.94. The van der Waals surface area contributed by atoms with Crippen molar-refractivity contribution >= 4 is 0 Å². The van der Waals surface area contributed by atoms with Crippen LogP contribution in [0.1, 0.15) is 40.5 Å². The van der Waals surface area contributed by atoms with Crippen LogP contribution in [-0.4, -0.2) is 36.5 Å². The summed E-state index contributed by atoms with van der Waals surface area (Å²) < 4.78 is 5.43. The number of nitrogens with one attached hydrogen (secondary N) is 1. The molecule has 0 bridgehead atoms. The van der Waals surface area contributed by atoms with E-state index in [9.17, 15) is 5.11 Å². The standard InChI is InChI=1S/C11H25NO2/c1-5-11(6-2,9-13)12-7-8-14-10(3)4/h10,12-13H,5-9H2,1-4H3. The first-order chi connectivity index (χ1) is 6.60. The molecule has 0 atom stereocenters. The highest BCUT2D eigenvalue weighted by molar-refractivity contribution is 4.84. The van der Waals surface area contributed by atoms with Crippen molar-refractivity contribution in [3.05, 3.63) is 0 Å². The van der Waals surface area contributed by atoms with Crippen molar-refractivity contribution in [2.45, 2.75) is 52.2 Å². The van der Waals surface area contributed by atoms with Crippen LogP contribution in [-0.2, 0) is 4.74 Å². The first kappa shape index (κ1) is 13.9. The van der Waals surface area contributed by atoms with Crippen LogP contribution in [0.3, 0.4) is 0 Å². The van der Waals surface area contributed by atoms with E-state index >= 15 is 0 Å². The van der Waals surface area contributed by atoms with Crippen LogP contribution in [0.5, 0.6) is 0 Å². The van der Waals surface area contributed by atoms with Gasteiger partial charge >= 0.3 is 0 Å². The van der Waals surface area contributed by atoms with E-state index in [2.05, 4.69) is 19.2 Å². The highest BCUT2D eigenvalue weighted by Crippen LogP contribution is 2.13.